The monoisotopic (exact) mass is 382 g/mol. The van der Waals surface area contributed by atoms with Crippen LogP contribution in [0, 0.1) is 11.7 Å². The summed E-state index contributed by atoms with van der Waals surface area (Å²) in [5.41, 5.74) is 1.07. The van der Waals surface area contributed by atoms with Crippen LogP contribution >= 0.6 is 0 Å². The number of pyridine rings is 1. The van der Waals surface area contributed by atoms with Gasteiger partial charge in [-0.2, -0.15) is 13.2 Å². The van der Waals surface area contributed by atoms with Crippen LogP contribution in [0.5, 0.6) is 0 Å². The molecule has 0 bridgehead atoms. The molecular weight excluding hydrogens is 364 g/mol. The Labute approximate surface area is 153 Å². The molecule has 1 fully saturated rings. The zero-order chi connectivity index (χ0) is 19.6. The second kappa shape index (κ2) is 7.54. The molecule has 3 rings (SSSR count). The number of aromatic nitrogens is 1. The van der Waals surface area contributed by atoms with Gasteiger partial charge in [0.05, 0.1) is 12.5 Å². The van der Waals surface area contributed by atoms with Crippen molar-refractivity contribution in [1.29, 1.82) is 0 Å². The summed E-state index contributed by atoms with van der Waals surface area (Å²) in [4.78, 5) is 16.2. The van der Waals surface area contributed by atoms with Crippen LogP contribution in [0.2, 0.25) is 0 Å². The van der Waals surface area contributed by atoms with E-state index in [0.717, 1.165) is 0 Å². The number of alkyl halides is 3. The molecule has 0 spiro atoms. The third kappa shape index (κ3) is 4.37. The van der Waals surface area contributed by atoms with E-state index in [4.69, 9.17) is 4.74 Å². The maximum absolute atomic E-state index is 14.2. The van der Waals surface area contributed by atoms with Crippen molar-refractivity contribution in [3.05, 3.63) is 59.5 Å². The Balaban J connectivity index is 1.80. The number of nitrogens with one attached hydrogen (secondary N) is 1. The fraction of sp³-hybridized carbons (Fsp3) is 0.368. The molecule has 0 amide bonds. The van der Waals surface area contributed by atoms with Gasteiger partial charge in [-0.3, -0.25) is 4.79 Å². The second-order valence-corrected chi connectivity index (χ2v) is 6.30. The fourth-order valence-electron chi connectivity index (χ4n) is 3.29. The van der Waals surface area contributed by atoms with Crippen molar-refractivity contribution >= 4 is 11.8 Å². The lowest BCUT2D eigenvalue weighted by Gasteiger charge is -2.09. The van der Waals surface area contributed by atoms with Crippen LogP contribution in [0.4, 0.5) is 23.4 Å². The Bertz CT molecular complexity index is 808. The van der Waals surface area contributed by atoms with E-state index in [0.29, 0.717) is 11.1 Å². The molecule has 3 atom stereocenters. The van der Waals surface area contributed by atoms with E-state index in [9.17, 15) is 22.4 Å². The zero-order valence-corrected chi connectivity index (χ0v) is 14.5. The average Bonchev–Trinajstić information content (AvgIpc) is 3.36. The van der Waals surface area contributed by atoms with Gasteiger partial charge in [-0.25, -0.2) is 9.37 Å². The Kier molecular flexibility index (Phi) is 5.34. The number of nitrogens with zero attached hydrogens (tertiary/aromatic N) is 1. The highest BCUT2D eigenvalue weighted by Crippen LogP contribution is 2.61. The average molecular weight is 382 g/mol. The molecule has 1 saturated carbocycles. The maximum atomic E-state index is 14.2. The summed E-state index contributed by atoms with van der Waals surface area (Å²) in [5, 5.41) is 2.19. The number of rotatable bonds is 6. The Morgan fingerprint density at radius 2 is 1.93 bits per heavy atom. The van der Waals surface area contributed by atoms with Gasteiger partial charge in [0.25, 0.3) is 0 Å². The summed E-state index contributed by atoms with van der Waals surface area (Å²) in [6, 6.07) is 9.23. The van der Waals surface area contributed by atoms with Gasteiger partial charge < -0.3 is 10.1 Å². The summed E-state index contributed by atoms with van der Waals surface area (Å²) in [6.07, 6.45) is -2.93. The van der Waals surface area contributed by atoms with Crippen molar-refractivity contribution in [3.63, 3.8) is 0 Å². The second-order valence-electron chi connectivity index (χ2n) is 6.30. The molecule has 0 aliphatic heterocycles. The number of carbonyl (C=O) groups excluding carboxylic acids is 1. The summed E-state index contributed by atoms with van der Waals surface area (Å²) < 4.78 is 56.1. The van der Waals surface area contributed by atoms with Crippen molar-refractivity contribution in [1.82, 2.24) is 4.98 Å². The molecular formula is C19H18F4N2O2. The van der Waals surface area contributed by atoms with Crippen molar-refractivity contribution in [2.75, 3.05) is 18.5 Å². The Morgan fingerprint density at radius 1 is 1.19 bits per heavy atom. The predicted octanol–water partition coefficient (Wildman–Crippen LogP) is 4.26. The minimum absolute atomic E-state index is 0.0758. The van der Waals surface area contributed by atoms with Crippen LogP contribution in [0.3, 0.4) is 0 Å². The first-order valence-electron chi connectivity index (χ1n) is 8.49. The van der Waals surface area contributed by atoms with E-state index < -0.39 is 30.4 Å². The highest BCUT2D eigenvalue weighted by molar-refractivity contribution is 5.80. The fourth-order valence-corrected chi connectivity index (χ4v) is 3.29. The number of ether oxygens (including phenoxy) is 1. The van der Waals surface area contributed by atoms with Crippen LogP contribution in [-0.2, 0) is 9.53 Å². The number of hydrogen-bond acceptors (Lipinski definition) is 4. The van der Waals surface area contributed by atoms with Gasteiger partial charge in [0.15, 0.2) is 0 Å². The van der Waals surface area contributed by atoms with Crippen molar-refractivity contribution in [2.24, 2.45) is 5.92 Å². The quantitative estimate of drug-likeness (QED) is 0.599. The molecule has 0 saturated heterocycles. The first-order chi connectivity index (χ1) is 12.8. The first kappa shape index (κ1) is 19.1. The van der Waals surface area contributed by atoms with Crippen LogP contribution in [-0.4, -0.2) is 30.3 Å². The minimum Gasteiger partial charge on any atom is -0.466 e. The summed E-state index contributed by atoms with van der Waals surface area (Å²) in [6.45, 7) is 0.715. The SMILES string of the molecule is CCOC(=O)[C@H]1[C@H](c2ccc(NCC(F)(F)F)nc2)[C@H]1c1ccccc1F. The van der Waals surface area contributed by atoms with Crippen LogP contribution in [0.1, 0.15) is 29.9 Å². The molecule has 27 heavy (non-hydrogen) atoms. The minimum atomic E-state index is -4.35. The lowest BCUT2D eigenvalue weighted by Crippen LogP contribution is -2.21. The van der Waals surface area contributed by atoms with E-state index >= 15 is 0 Å². The van der Waals surface area contributed by atoms with Gasteiger partial charge in [-0.15, -0.1) is 0 Å². The molecule has 4 nitrogen and oxygen atoms in total. The van der Waals surface area contributed by atoms with E-state index in [1.54, 1.807) is 31.2 Å². The largest absolute Gasteiger partial charge is 0.466 e. The van der Waals surface area contributed by atoms with Crippen LogP contribution in [0.25, 0.3) is 0 Å². The van der Waals surface area contributed by atoms with Gasteiger partial charge in [0.2, 0.25) is 0 Å². The third-order valence-electron chi connectivity index (χ3n) is 4.48. The standard InChI is InChI=1S/C19H18F4N2O2/c1-2-27-18(26)17-15(16(17)12-5-3-4-6-13(12)20)11-7-8-14(24-9-11)25-10-19(21,22)23/h3-9,15-17H,2,10H2,1H3,(H,24,25)/t15-,16-,17+/m1/s1. The highest BCUT2D eigenvalue weighted by Gasteiger charge is 2.58. The third-order valence-corrected chi connectivity index (χ3v) is 4.48. The molecule has 1 aromatic carbocycles. The van der Waals surface area contributed by atoms with Crippen LogP contribution < -0.4 is 5.32 Å². The van der Waals surface area contributed by atoms with E-state index in [1.807, 2.05) is 0 Å². The topological polar surface area (TPSA) is 51.2 Å². The molecule has 1 aliphatic carbocycles. The van der Waals surface area contributed by atoms with Gasteiger partial charge >= 0.3 is 12.1 Å². The summed E-state index contributed by atoms with van der Waals surface area (Å²) in [7, 11) is 0. The molecule has 8 heteroatoms. The molecule has 1 heterocycles. The number of carbonyl (C=O) groups is 1. The highest BCUT2D eigenvalue weighted by atomic mass is 19.4. The maximum Gasteiger partial charge on any atom is 0.405 e. The number of hydrogen-bond donors (Lipinski definition) is 1. The molecule has 1 aliphatic rings. The van der Waals surface area contributed by atoms with Gasteiger partial charge in [-0.1, -0.05) is 24.3 Å². The van der Waals surface area contributed by atoms with Gasteiger partial charge in [0, 0.05) is 18.0 Å². The number of halogens is 4. The van der Waals surface area contributed by atoms with Gasteiger partial charge in [0.1, 0.15) is 18.2 Å². The molecule has 0 radical (unpaired) electrons. The summed E-state index contributed by atoms with van der Waals surface area (Å²) >= 11 is 0. The Hall–Kier alpha value is -2.64. The van der Waals surface area contributed by atoms with E-state index in [-0.39, 0.29) is 24.3 Å². The van der Waals surface area contributed by atoms with Crippen molar-refractivity contribution < 1.29 is 27.1 Å². The predicted molar refractivity (Wildman–Crippen MR) is 90.8 cm³/mol. The van der Waals surface area contributed by atoms with E-state index in [1.165, 1.54) is 18.3 Å². The smallest absolute Gasteiger partial charge is 0.405 e. The van der Waals surface area contributed by atoms with Gasteiger partial charge in [-0.05, 0) is 30.2 Å². The van der Waals surface area contributed by atoms with Crippen LogP contribution in [0.15, 0.2) is 42.6 Å². The van der Waals surface area contributed by atoms with Crippen molar-refractivity contribution in [3.8, 4) is 0 Å². The zero-order valence-electron chi connectivity index (χ0n) is 14.5. The lowest BCUT2D eigenvalue weighted by molar-refractivity contribution is -0.144. The molecule has 1 N–H and O–H groups in total. The number of benzene rings is 1. The normalized spacial score (nSPS) is 21.6. The molecule has 0 unspecified atom stereocenters. The van der Waals surface area contributed by atoms with Crippen molar-refractivity contribution in [2.45, 2.75) is 24.9 Å². The molecule has 144 valence electrons. The van der Waals surface area contributed by atoms with E-state index in [2.05, 4.69) is 10.3 Å². The molecule has 1 aromatic heterocycles. The Morgan fingerprint density at radius 3 is 2.52 bits per heavy atom. The molecule has 2 aromatic rings. The first-order valence-corrected chi connectivity index (χ1v) is 8.49. The summed E-state index contributed by atoms with van der Waals surface area (Å²) in [5.74, 6) is -2.01. The number of anilines is 1. The number of esters is 1. The lowest BCUT2D eigenvalue weighted by atomic mass is 10.1.